The van der Waals surface area contributed by atoms with Gasteiger partial charge in [-0.1, -0.05) is 53.1 Å². The van der Waals surface area contributed by atoms with Crippen molar-refractivity contribution in [3.63, 3.8) is 0 Å². The highest BCUT2D eigenvalue weighted by Crippen LogP contribution is 2.34. The third-order valence-electron chi connectivity index (χ3n) is 6.00. The molecule has 174 valence electrons. The van der Waals surface area contributed by atoms with Gasteiger partial charge in [-0.25, -0.2) is 13.3 Å². The lowest BCUT2D eigenvalue weighted by atomic mass is 9.97. The molecule has 6 nitrogen and oxygen atoms in total. The van der Waals surface area contributed by atoms with Gasteiger partial charge in [-0.05, 0) is 62.4 Å². The molecule has 0 spiro atoms. The van der Waals surface area contributed by atoms with E-state index in [-0.39, 0.29) is 27.9 Å². The van der Waals surface area contributed by atoms with E-state index in [4.69, 9.17) is 23.2 Å². The molecule has 0 radical (unpaired) electrons. The lowest BCUT2D eigenvalue weighted by Gasteiger charge is -2.28. The Morgan fingerprint density at radius 2 is 1.79 bits per heavy atom. The highest BCUT2D eigenvalue weighted by atomic mass is 35.5. The number of carbonyl (C=O) groups excluding carboxylic acids is 2. The van der Waals surface area contributed by atoms with E-state index in [2.05, 4.69) is 6.08 Å². The summed E-state index contributed by atoms with van der Waals surface area (Å²) in [6.45, 7) is 0.0727. The quantitative estimate of drug-likeness (QED) is 0.381. The van der Waals surface area contributed by atoms with Crippen molar-refractivity contribution in [2.45, 2.75) is 49.5 Å². The number of hydrogen-bond acceptors (Lipinski definition) is 4. The van der Waals surface area contributed by atoms with Crippen LogP contribution < -0.4 is 4.90 Å². The Kier molecular flexibility index (Phi) is 7.24. The lowest BCUT2D eigenvalue weighted by molar-refractivity contribution is -0.122. The number of para-hydroxylation sites is 1. The fourth-order valence-corrected chi connectivity index (χ4v) is 6.64. The molecule has 2 amide bonds. The molecule has 1 fully saturated rings. The van der Waals surface area contributed by atoms with Crippen LogP contribution in [-0.2, 0) is 19.6 Å². The molecule has 2 aromatic carbocycles. The Labute approximate surface area is 203 Å². The van der Waals surface area contributed by atoms with Gasteiger partial charge in [-0.3, -0.25) is 9.59 Å². The fourth-order valence-electron chi connectivity index (χ4n) is 4.32. The molecule has 1 saturated heterocycles. The van der Waals surface area contributed by atoms with Crippen molar-refractivity contribution in [2.75, 3.05) is 11.4 Å². The second kappa shape index (κ2) is 9.97. The number of benzene rings is 2. The molecule has 0 aromatic heterocycles. The molecular formula is C24H24Cl2N2O4S. The fraction of sp³-hybridized carbons (Fsp3) is 0.333. The summed E-state index contributed by atoms with van der Waals surface area (Å²) in [4.78, 5) is 27.1. The van der Waals surface area contributed by atoms with Crippen LogP contribution in [0.3, 0.4) is 0 Å². The Balaban J connectivity index is 1.71. The zero-order valence-corrected chi connectivity index (χ0v) is 20.2. The smallest absolute Gasteiger partial charge is 0.252 e. The maximum atomic E-state index is 13.7. The second-order valence-corrected chi connectivity index (χ2v) is 10.9. The van der Waals surface area contributed by atoms with Crippen LogP contribution in [0.4, 0.5) is 5.69 Å². The Bertz CT molecular complexity index is 1200. The van der Waals surface area contributed by atoms with Crippen molar-refractivity contribution >= 4 is 50.7 Å². The van der Waals surface area contributed by atoms with E-state index in [0.717, 1.165) is 40.5 Å². The van der Waals surface area contributed by atoms with Gasteiger partial charge >= 0.3 is 0 Å². The first-order chi connectivity index (χ1) is 15.8. The van der Waals surface area contributed by atoms with Gasteiger partial charge in [-0.15, -0.1) is 0 Å². The Morgan fingerprint density at radius 3 is 2.48 bits per heavy atom. The Hall–Kier alpha value is -2.19. The Morgan fingerprint density at radius 1 is 1.03 bits per heavy atom. The SMILES string of the molecule is O=C1CC(N(CCC2=CCCCC2)S(=O)(=O)c2cc(Cl)ccc2Cl)C(=O)N1c1ccccc1. The molecule has 4 rings (SSSR count). The van der Waals surface area contributed by atoms with Crippen LogP contribution in [0.2, 0.25) is 10.0 Å². The minimum atomic E-state index is -4.21. The predicted molar refractivity (Wildman–Crippen MR) is 129 cm³/mol. The first-order valence-corrected chi connectivity index (χ1v) is 13.1. The van der Waals surface area contributed by atoms with Crippen molar-refractivity contribution in [3.8, 4) is 0 Å². The standard InChI is InChI=1S/C24H24Cl2N2O4S/c25-18-11-12-20(26)22(15-18)33(31,32)27(14-13-17-7-3-1-4-8-17)21-16-23(29)28(24(21)30)19-9-5-2-6-10-19/h2,5-7,9-12,15,21H,1,3-4,8,13-14,16H2. The van der Waals surface area contributed by atoms with Gasteiger partial charge in [0.05, 0.1) is 17.1 Å². The summed E-state index contributed by atoms with van der Waals surface area (Å²) in [7, 11) is -4.21. The lowest BCUT2D eigenvalue weighted by Crippen LogP contribution is -2.46. The van der Waals surface area contributed by atoms with Gasteiger partial charge in [0.15, 0.2) is 0 Å². The van der Waals surface area contributed by atoms with E-state index < -0.39 is 27.9 Å². The number of nitrogens with zero attached hydrogens (tertiary/aromatic N) is 2. The molecule has 9 heteroatoms. The number of hydrogen-bond donors (Lipinski definition) is 0. The number of imide groups is 1. The van der Waals surface area contributed by atoms with Crippen LogP contribution in [0.15, 0.2) is 65.1 Å². The second-order valence-electron chi connectivity index (χ2n) is 8.17. The molecule has 1 atom stereocenters. The molecule has 33 heavy (non-hydrogen) atoms. The summed E-state index contributed by atoms with van der Waals surface area (Å²) < 4.78 is 28.6. The average Bonchev–Trinajstić information content (AvgIpc) is 3.10. The van der Waals surface area contributed by atoms with Crippen LogP contribution in [0.25, 0.3) is 0 Å². The molecule has 2 aliphatic rings. The first-order valence-electron chi connectivity index (χ1n) is 10.9. The molecule has 1 aliphatic carbocycles. The largest absolute Gasteiger partial charge is 0.274 e. The van der Waals surface area contributed by atoms with Crippen LogP contribution in [0.1, 0.15) is 38.5 Å². The number of carbonyl (C=O) groups is 2. The molecule has 1 unspecified atom stereocenters. The van der Waals surface area contributed by atoms with E-state index in [0.29, 0.717) is 12.1 Å². The minimum Gasteiger partial charge on any atom is -0.274 e. The van der Waals surface area contributed by atoms with Crippen LogP contribution in [0.5, 0.6) is 0 Å². The molecule has 0 bridgehead atoms. The third-order valence-corrected chi connectivity index (χ3v) is 8.63. The van der Waals surface area contributed by atoms with Gasteiger partial charge in [0.25, 0.3) is 5.91 Å². The van der Waals surface area contributed by atoms with Crippen LogP contribution in [-0.4, -0.2) is 37.1 Å². The molecule has 0 N–H and O–H groups in total. The molecule has 0 saturated carbocycles. The summed E-state index contributed by atoms with van der Waals surface area (Å²) >= 11 is 12.3. The van der Waals surface area contributed by atoms with E-state index >= 15 is 0 Å². The summed E-state index contributed by atoms with van der Waals surface area (Å²) in [6.07, 6.45) is 6.43. The summed E-state index contributed by atoms with van der Waals surface area (Å²) in [5.41, 5.74) is 1.58. The van der Waals surface area contributed by atoms with Crippen LogP contribution >= 0.6 is 23.2 Å². The van der Waals surface area contributed by atoms with Gasteiger partial charge in [0, 0.05) is 11.6 Å². The first kappa shape index (κ1) is 24.0. The summed E-state index contributed by atoms with van der Waals surface area (Å²) in [6, 6.07) is 11.6. The molecular weight excluding hydrogens is 483 g/mol. The van der Waals surface area contributed by atoms with Crippen LogP contribution in [0, 0.1) is 0 Å². The third kappa shape index (κ3) is 5.01. The highest BCUT2D eigenvalue weighted by molar-refractivity contribution is 7.89. The zero-order valence-electron chi connectivity index (χ0n) is 17.9. The van der Waals surface area contributed by atoms with Gasteiger partial charge in [0.1, 0.15) is 10.9 Å². The van der Waals surface area contributed by atoms with Gasteiger partial charge < -0.3 is 0 Å². The summed E-state index contributed by atoms with van der Waals surface area (Å²) in [5.74, 6) is -1.00. The summed E-state index contributed by atoms with van der Waals surface area (Å²) in [5, 5.41) is 0.227. The number of halogens is 2. The molecule has 1 aliphatic heterocycles. The minimum absolute atomic E-state index is 0.0120. The predicted octanol–water partition coefficient (Wildman–Crippen LogP) is 5.21. The number of amides is 2. The molecule has 2 aromatic rings. The highest BCUT2D eigenvalue weighted by Gasteiger charge is 2.47. The topological polar surface area (TPSA) is 74.8 Å². The maximum Gasteiger partial charge on any atom is 0.252 e. The van der Waals surface area contributed by atoms with E-state index in [1.165, 1.54) is 18.2 Å². The number of allylic oxidation sites excluding steroid dienone is 1. The number of sulfonamides is 1. The average molecular weight is 507 g/mol. The monoisotopic (exact) mass is 506 g/mol. The van der Waals surface area contributed by atoms with E-state index in [9.17, 15) is 18.0 Å². The van der Waals surface area contributed by atoms with Crippen molar-refractivity contribution < 1.29 is 18.0 Å². The maximum absolute atomic E-state index is 13.7. The van der Waals surface area contributed by atoms with E-state index in [1.54, 1.807) is 30.3 Å². The van der Waals surface area contributed by atoms with Crippen molar-refractivity contribution in [3.05, 3.63) is 70.2 Å². The normalized spacial score (nSPS) is 19.3. The van der Waals surface area contributed by atoms with Gasteiger partial charge in [0.2, 0.25) is 15.9 Å². The van der Waals surface area contributed by atoms with E-state index in [1.807, 2.05) is 0 Å². The number of rotatable bonds is 7. The van der Waals surface area contributed by atoms with Crippen molar-refractivity contribution in [2.24, 2.45) is 0 Å². The zero-order chi connectivity index (χ0) is 23.6. The van der Waals surface area contributed by atoms with Crippen molar-refractivity contribution in [1.29, 1.82) is 0 Å². The molecule has 1 heterocycles. The number of anilines is 1. The van der Waals surface area contributed by atoms with Gasteiger partial charge in [-0.2, -0.15) is 4.31 Å². The van der Waals surface area contributed by atoms with Crippen molar-refractivity contribution in [1.82, 2.24) is 4.31 Å².